The lowest BCUT2D eigenvalue weighted by Gasteiger charge is -2.20. The SMILES string of the molecule is CNc1nc(-c2ccncc2)nc(N)c1N=Nc1cccc2c1C(=O)c1c(Cl)ccc(Cl)c1C2=O. The lowest BCUT2D eigenvalue weighted by Crippen LogP contribution is -2.22. The third kappa shape index (κ3) is 3.80. The standard InChI is InChI=1S/C24H15Cl2N7O2/c1-28-24-19(22(27)30-23(31-24)11-7-9-29-10-8-11)33-32-15-4-2-3-12-16(15)21(35)18-14(26)6-5-13(25)17(18)20(12)34/h2-10H,1H3,(H3,27,28,30,31). The fraction of sp³-hybridized carbons (Fsp3) is 0.0417. The van der Waals surface area contributed by atoms with Crippen molar-refractivity contribution < 1.29 is 9.59 Å². The topological polar surface area (TPSA) is 136 Å². The molecule has 2 aromatic heterocycles. The number of nitrogen functional groups attached to an aromatic ring is 1. The zero-order valence-corrected chi connectivity index (χ0v) is 19.6. The summed E-state index contributed by atoms with van der Waals surface area (Å²) in [4.78, 5) is 39.3. The number of pyridine rings is 1. The van der Waals surface area contributed by atoms with Crippen molar-refractivity contribution in [2.24, 2.45) is 10.2 Å². The van der Waals surface area contributed by atoms with E-state index in [2.05, 4.69) is 30.5 Å². The largest absolute Gasteiger partial charge is 0.382 e. The molecule has 0 atom stereocenters. The highest BCUT2D eigenvalue weighted by molar-refractivity contribution is 6.43. The van der Waals surface area contributed by atoms with Crippen molar-refractivity contribution in [1.29, 1.82) is 0 Å². The van der Waals surface area contributed by atoms with E-state index in [0.717, 1.165) is 5.56 Å². The molecule has 0 fully saturated rings. The maximum Gasteiger partial charge on any atom is 0.198 e. The fourth-order valence-electron chi connectivity index (χ4n) is 3.79. The average Bonchev–Trinajstić information content (AvgIpc) is 2.87. The van der Waals surface area contributed by atoms with Gasteiger partial charge in [0.1, 0.15) is 0 Å². The van der Waals surface area contributed by atoms with Gasteiger partial charge in [0.2, 0.25) is 0 Å². The van der Waals surface area contributed by atoms with Crippen LogP contribution in [0.5, 0.6) is 0 Å². The molecule has 5 rings (SSSR count). The van der Waals surface area contributed by atoms with E-state index in [1.165, 1.54) is 18.2 Å². The molecule has 0 aliphatic heterocycles. The monoisotopic (exact) mass is 503 g/mol. The number of hydrogen-bond donors (Lipinski definition) is 2. The van der Waals surface area contributed by atoms with Gasteiger partial charge in [-0.1, -0.05) is 35.3 Å². The zero-order chi connectivity index (χ0) is 24.7. The minimum absolute atomic E-state index is 0.0415. The Morgan fingerprint density at radius 3 is 2.23 bits per heavy atom. The molecule has 0 amide bonds. The van der Waals surface area contributed by atoms with Crippen LogP contribution in [-0.2, 0) is 0 Å². The van der Waals surface area contributed by atoms with Crippen molar-refractivity contribution in [2.75, 3.05) is 18.1 Å². The van der Waals surface area contributed by atoms with Crippen LogP contribution in [0.25, 0.3) is 11.4 Å². The Hall–Kier alpha value is -4.21. The molecule has 0 spiro atoms. The van der Waals surface area contributed by atoms with Crippen molar-refractivity contribution in [3.05, 3.63) is 87.2 Å². The first-order valence-electron chi connectivity index (χ1n) is 10.3. The van der Waals surface area contributed by atoms with Gasteiger partial charge < -0.3 is 11.1 Å². The maximum absolute atomic E-state index is 13.4. The van der Waals surface area contributed by atoms with Crippen LogP contribution in [0, 0.1) is 0 Å². The van der Waals surface area contributed by atoms with E-state index in [1.807, 2.05) is 0 Å². The molecule has 0 radical (unpaired) electrons. The summed E-state index contributed by atoms with van der Waals surface area (Å²) in [6.45, 7) is 0. The number of nitrogens with one attached hydrogen (secondary N) is 1. The highest BCUT2D eigenvalue weighted by Gasteiger charge is 2.35. The Morgan fingerprint density at radius 2 is 1.54 bits per heavy atom. The molecule has 3 N–H and O–H groups in total. The van der Waals surface area contributed by atoms with Crippen LogP contribution >= 0.6 is 23.2 Å². The quantitative estimate of drug-likeness (QED) is 0.302. The molecule has 1 aliphatic rings. The molecule has 0 saturated heterocycles. The molecule has 9 nitrogen and oxygen atoms in total. The second kappa shape index (κ2) is 8.86. The van der Waals surface area contributed by atoms with E-state index in [1.54, 1.807) is 43.7 Å². The number of aromatic nitrogens is 3. The smallest absolute Gasteiger partial charge is 0.198 e. The molecule has 0 unspecified atom stereocenters. The summed E-state index contributed by atoms with van der Waals surface area (Å²) in [5.41, 5.74) is 7.60. The van der Waals surface area contributed by atoms with Crippen molar-refractivity contribution >= 4 is 57.8 Å². The number of carbonyl (C=O) groups excluding carboxylic acids is 2. The van der Waals surface area contributed by atoms with E-state index in [0.29, 0.717) is 11.6 Å². The molecule has 1 aliphatic carbocycles. The van der Waals surface area contributed by atoms with E-state index in [9.17, 15) is 9.59 Å². The molecule has 0 saturated carbocycles. The molecule has 4 aromatic rings. The molecule has 2 aromatic carbocycles. The highest BCUT2D eigenvalue weighted by atomic mass is 35.5. The van der Waals surface area contributed by atoms with Crippen LogP contribution in [0.4, 0.5) is 23.0 Å². The Kier molecular flexibility index (Phi) is 5.72. The van der Waals surface area contributed by atoms with Crippen molar-refractivity contribution in [1.82, 2.24) is 15.0 Å². The Balaban J connectivity index is 1.60. The van der Waals surface area contributed by atoms with E-state index in [4.69, 9.17) is 28.9 Å². The van der Waals surface area contributed by atoms with Crippen LogP contribution in [0.2, 0.25) is 10.0 Å². The van der Waals surface area contributed by atoms with Gasteiger partial charge in [0.15, 0.2) is 34.7 Å². The number of hydrogen-bond acceptors (Lipinski definition) is 9. The Morgan fingerprint density at radius 1 is 0.857 bits per heavy atom. The Labute approximate surface area is 209 Å². The summed E-state index contributed by atoms with van der Waals surface area (Å²) >= 11 is 12.5. The number of fused-ring (bicyclic) bond motifs is 2. The summed E-state index contributed by atoms with van der Waals surface area (Å²) in [7, 11) is 1.66. The van der Waals surface area contributed by atoms with Crippen LogP contribution in [0.3, 0.4) is 0 Å². The summed E-state index contributed by atoms with van der Waals surface area (Å²) in [5.74, 6) is -0.0933. The van der Waals surface area contributed by atoms with Gasteiger partial charge in [0.25, 0.3) is 0 Å². The van der Waals surface area contributed by atoms with Crippen LogP contribution in [-0.4, -0.2) is 33.6 Å². The van der Waals surface area contributed by atoms with Gasteiger partial charge >= 0.3 is 0 Å². The van der Waals surface area contributed by atoms with Gasteiger partial charge in [-0.15, -0.1) is 10.2 Å². The lowest BCUT2D eigenvalue weighted by atomic mass is 9.83. The van der Waals surface area contributed by atoms with Gasteiger partial charge in [-0.3, -0.25) is 14.6 Å². The number of nitrogens with zero attached hydrogens (tertiary/aromatic N) is 5. The lowest BCUT2D eigenvalue weighted by molar-refractivity contribution is 0.0979. The average molecular weight is 504 g/mol. The minimum atomic E-state index is -0.470. The first-order chi connectivity index (χ1) is 16.9. The van der Waals surface area contributed by atoms with Crippen LogP contribution in [0.15, 0.2) is 65.1 Å². The number of benzene rings is 2. The predicted molar refractivity (Wildman–Crippen MR) is 133 cm³/mol. The highest BCUT2D eigenvalue weighted by Crippen LogP contribution is 2.40. The first-order valence-corrected chi connectivity index (χ1v) is 11.0. The number of ketones is 2. The number of azo groups is 1. The molecule has 11 heteroatoms. The molecule has 172 valence electrons. The number of carbonyl (C=O) groups is 2. The molecular formula is C24H15Cl2N7O2. The first kappa shape index (κ1) is 22.6. The van der Waals surface area contributed by atoms with Gasteiger partial charge in [0.05, 0.1) is 32.4 Å². The van der Waals surface area contributed by atoms with E-state index < -0.39 is 11.6 Å². The van der Waals surface area contributed by atoms with Crippen molar-refractivity contribution in [2.45, 2.75) is 0 Å². The third-order valence-corrected chi connectivity index (χ3v) is 6.05. The zero-order valence-electron chi connectivity index (χ0n) is 18.1. The summed E-state index contributed by atoms with van der Waals surface area (Å²) in [5, 5.41) is 11.7. The number of rotatable bonds is 4. The summed E-state index contributed by atoms with van der Waals surface area (Å²) in [6.07, 6.45) is 3.24. The van der Waals surface area contributed by atoms with E-state index >= 15 is 0 Å². The molecule has 0 bridgehead atoms. The number of nitrogens with two attached hydrogens (primary N) is 1. The van der Waals surface area contributed by atoms with Crippen molar-refractivity contribution in [3.8, 4) is 11.4 Å². The minimum Gasteiger partial charge on any atom is -0.382 e. The second-order valence-electron chi connectivity index (χ2n) is 7.45. The fourth-order valence-corrected chi connectivity index (χ4v) is 4.27. The van der Waals surface area contributed by atoms with Gasteiger partial charge in [-0.25, -0.2) is 9.97 Å². The number of halogens is 2. The predicted octanol–water partition coefficient (Wildman–Crippen LogP) is 5.66. The van der Waals surface area contributed by atoms with Crippen LogP contribution in [0.1, 0.15) is 31.8 Å². The maximum atomic E-state index is 13.4. The van der Waals surface area contributed by atoms with E-state index in [-0.39, 0.29) is 49.5 Å². The molecular weight excluding hydrogens is 489 g/mol. The number of anilines is 2. The molecule has 35 heavy (non-hydrogen) atoms. The summed E-state index contributed by atoms with van der Waals surface area (Å²) < 4.78 is 0. The van der Waals surface area contributed by atoms with Gasteiger partial charge in [-0.05, 0) is 30.3 Å². The summed E-state index contributed by atoms with van der Waals surface area (Å²) in [6, 6.07) is 11.2. The molecule has 2 heterocycles. The normalized spacial score (nSPS) is 12.5. The van der Waals surface area contributed by atoms with Gasteiger partial charge in [-0.2, -0.15) is 0 Å². The van der Waals surface area contributed by atoms with Crippen LogP contribution < -0.4 is 11.1 Å². The van der Waals surface area contributed by atoms with Crippen molar-refractivity contribution in [3.63, 3.8) is 0 Å². The second-order valence-corrected chi connectivity index (χ2v) is 8.27. The third-order valence-electron chi connectivity index (χ3n) is 5.42. The van der Waals surface area contributed by atoms with Gasteiger partial charge in [0, 0.05) is 30.6 Å². The Bertz CT molecular complexity index is 1560.